The number of likely N-dealkylation sites (tertiary alicyclic amines) is 1. The van der Waals surface area contributed by atoms with Crippen LogP contribution in [0.3, 0.4) is 0 Å². The number of nitrogens with two attached hydrogens (primary N) is 1. The third kappa shape index (κ3) is 3.60. The van der Waals surface area contributed by atoms with Crippen LogP contribution in [0.25, 0.3) is 0 Å². The molecule has 1 fully saturated rings. The number of carbonyl (C=O) groups excluding carboxylic acids is 1. The molecule has 0 aliphatic carbocycles. The molecule has 0 aromatic heterocycles. The van der Waals surface area contributed by atoms with Crippen molar-refractivity contribution in [1.29, 1.82) is 0 Å². The number of piperidine rings is 1. The van der Waals surface area contributed by atoms with E-state index in [1.807, 2.05) is 0 Å². The van der Waals surface area contributed by atoms with Crippen molar-refractivity contribution < 1.29 is 23.0 Å². The van der Waals surface area contributed by atoms with Gasteiger partial charge in [0.15, 0.2) is 11.5 Å². The van der Waals surface area contributed by atoms with Crippen molar-refractivity contribution in [2.24, 2.45) is 5.73 Å². The maximum absolute atomic E-state index is 12.6. The van der Waals surface area contributed by atoms with Crippen LogP contribution in [0.15, 0.2) is 18.2 Å². The second-order valence-corrected chi connectivity index (χ2v) is 4.85. The molecule has 5 nitrogen and oxygen atoms in total. The van der Waals surface area contributed by atoms with Gasteiger partial charge >= 0.3 is 6.61 Å². The molecule has 1 aliphatic rings. The predicted octanol–water partition coefficient (Wildman–Crippen LogP) is 1.86. The van der Waals surface area contributed by atoms with Gasteiger partial charge in [-0.25, -0.2) is 0 Å². The van der Waals surface area contributed by atoms with Crippen molar-refractivity contribution in [3.63, 3.8) is 0 Å². The number of rotatable bonds is 4. The molecule has 0 saturated carbocycles. The van der Waals surface area contributed by atoms with Crippen molar-refractivity contribution in [3.05, 3.63) is 23.8 Å². The van der Waals surface area contributed by atoms with Gasteiger partial charge in [-0.05, 0) is 25.0 Å². The minimum Gasteiger partial charge on any atom is -0.493 e. The van der Waals surface area contributed by atoms with Gasteiger partial charge in [-0.3, -0.25) is 4.79 Å². The normalized spacial score (nSPS) is 16.1. The first kappa shape index (κ1) is 15.5. The van der Waals surface area contributed by atoms with E-state index >= 15 is 0 Å². The van der Waals surface area contributed by atoms with Crippen molar-refractivity contribution >= 4 is 5.91 Å². The molecule has 1 aromatic carbocycles. The summed E-state index contributed by atoms with van der Waals surface area (Å²) in [6.45, 7) is -2.01. The summed E-state index contributed by atoms with van der Waals surface area (Å²) in [6, 6.07) is 4.58. The zero-order valence-electron chi connectivity index (χ0n) is 11.7. The van der Waals surface area contributed by atoms with Crippen molar-refractivity contribution in [1.82, 2.24) is 4.90 Å². The Kier molecular flexibility index (Phi) is 4.95. The van der Waals surface area contributed by atoms with Crippen LogP contribution in [0.5, 0.6) is 11.5 Å². The minimum absolute atomic E-state index is 0.0742. The number of ether oxygens (including phenoxy) is 2. The summed E-state index contributed by atoms with van der Waals surface area (Å²) in [5.74, 6) is -0.471. The lowest BCUT2D eigenvalue weighted by Crippen LogP contribution is -2.43. The van der Waals surface area contributed by atoms with E-state index in [-0.39, 0.29) is 29.0 Å². The number of para-hydroxylation sites is 1. The van der Waals surface area contributed by atoms with Gasteiger partial charge in [0, 0.05) is 19.1 Å². The molecule has 0 atom stereocenters. The quantitative estimate of drug-likeness (QED) is 0.922. The standard InChI is InChI=1S/C14H18F2N2O3/c1-20-11-4-2-3-10(12(11)21-14(15)16)13(19)18-7-5-9(17)6-8-18/h2-4,9,14H,5-8,17H2,1H3. The molecule has 0 radical (unpaired) electrons. The van der Waals surface area contributed by atoms with E-state index in [1.165, 1.54) is 19.2 Å². The summed E-state index contributed by atoms with van der Waals surface area (Å²) in [6.07, 6.45) is 1.39. The summed E-state index contributed by atoms with van der Waals surface area (Å²) in [5.41, 5.74) is 5.87. The second-order valence-electron chi connectivity index (χ2n) is 4.85. The molecule has 1 amide bonds. The molecule has 1 heterocycles. The molecule has 2 rings (SSSR count). The van der Waals surface area contributed by atoms with Crippen molar-refractivity contribution in [3.8, 4) is 11.5 Å². The zero-order valence-corrected chi connectivity index (χ0v) is 11.7. The molecule has 0 unspecified atom stereocenters. The molecule has 7 heteroatoms. The van der Waals surface area contributed by atoms with E-state index in [2.05, 4.69) is 4.74 Å². The number of methoxy groups -OCH3 is 1. The lowest BCUT2D eigenvalue weighted by Gasteiger charge is -2.30. The summed E-state index contributed by atoms with van der Waals surface area (Å²) in [7, 11) is 1.34. The second kappa shape index (κ2) is 6.71. The Morgan fingerprint density at radius 3 is 2.62 bits per heavy atom. The van der Waals surface area contributed by atoms with Crippen LogP contribution in [0.2, 0.25) is 0 Å². The van der Waals surface area contributed by atoms with E-state index in [9.17, 15) is 13.6 Å². The molecular formula is C14H18F2N2O3. The lowest BCUT2D eigenvalue weighted by molar-refractivity contribution is -0.0516. The van der Waals surface area contributed by atoms with Gasteiger partial charge < -0.3 is 20.1 Å². The molecule has 0 bridgehead atoms. The summed E-state index contributed by atoms with van der Waals surface area (Å²) in [4.78, 5) is 14.1. The topological polar surface area (TPSA) is 64.8 Å². The van der Waals surface area contributed by atoms with Crippen molar-refractivity contribution in [2.45, 2.75) is 25.5 Å². The van der Waals surface area contributed by atoms with Gasteiger partial charge in [-0.1, -0.05) is 6.07 Å². The average Bonchev–Trinajstić information content (AvgIpc) is 2.47. The number of hydrogen-bond acceptors (Lipinski definition) is 4. The van der Waals surface area contributed by atoms with Gasteiger partial charge in [0.1, 0.15) is 0 Å². The third-order valence-corrected chi connectivity index (χ3v) is 3.46. The minimum atomic E-state index is -3.03. The fourth-order valence-corrected chi connectivity index (χ4v) is 2.33. The molecule has 1 aliphatic heterocycles. The van der Waals surface area contributed by atoms with Gasteiger partial charge in [-0.15, -0.1) is 0 Å². The Morgan fingerprint density at radius 2 is 2.05 bits per heavy atom. The first-order valence-corrected chi connectivity index (χ1v) is 6.69. The summed E-state index contributed by atoms with van der Waals surface area (Å²) >= 11 is 0. The average molecular weight is 300 g/mol. The maximum atomic E-state index is 12.6. The van der Waals surface area contributed by atoms with E-state index in [0.717, 1.165) is 0 Å². The Bertz CT molecular complexity index is 503. The molecule has 0 spiro atoms. The molecule has 116 valence electrons. The van der Waals surface area contributed by atoms with E-state index in [4.69, 9.17) is 10.5 Å². The van der Waals surface area contributed by atoms with Crippen molar-refractivity contribution in [2.75, 3.05) is 20.2 Å². The highest BCUT2D eigenvalue weighted by molar-refractivity contribution is 5.97. The summed E-state index contributed by atoms with van der Waals surface area (Å²) in [5, 5.41) is 0. The van der Waals surface area contributed by atoms with Gasteiger partial charge in [0.05, 0.1) is 12.7 Å². The van der Waals surface area contributed by atoms with Crippen LogP contribution in [0.1, 0.15) is 23.2 Å². The number of nitrogens with zero attached hydrogens (tertiary/aromatic N) is 1. The van der Waals surface area contributed by atoms with Gasteiger partial charge in [0.2, 0.25) is 0 Å². The third-order valence-electron chi connectivity index (χ3n) is 3.46. The zero-order chi connectivity index (χ0) is 15.4. The first-order valence-electron chi connectivity index (χ1n) is 6.69. The van der Waals surface area contributed by atoms with E-state index in [1.54, 1.807) is 11.0 Å². The Balaban J connectivity index is 2.27. The van der Waals surface area contributed by atoms with Crippen LogP contribution < -0.4 is 15.2 Å². The molecule has 21 heavy (non-hydrogen) atoms. The highest BCUT2D eigenvalue weighted by Crippen LogP contribution is 2.33. The van der Waals surface area contributed by atoms with Crippen LogP contribution in [0, 0.1) is 0 Å². The Labute approximate surface area is 121 Å². The fraction of sp³-hybridized carbons (Fsp3) is 0.500. The van der Waals surface area contributed by atoms with E-state index < -0.39 is 6.61 Å². The fourth-order valence-electron chi connectivity index (χ4n) is 2.33. The Hall–Kier alpha value is -1.89. The number of benzene rings is 1. The Morgan fingerprint density at radius 1 is 1.38 bits per heavy atom. The summed E-state index contributed by atoms with van der Waals surface area (Å²) < 4.78 is 34.6. The number of alkyl halides is 2. The largest absolute Gasteiger partial charge is 0.493 e. The van der Waals surface area contributed by atoms with Gasteiger partial charge in [0.25, 0.3) is 5.91 Å². The molecule has 1 saturated heterocycles. The predicted molar refractivity (Wildman–Crippen MR) is 72.7 cm³/mol. The van der Waals surface area contributed by atoms with Crippen LogP contribution in [-0.4, -0.2) is 43.7 Å². The van der Waals surface area contributed by atoms with E-state index in [0.29, 0.717) is 25.9 Å². The smallest absolute Gasteiger partial charge is 0.387 e. The highest BCUT2D eigenvalue weighted by Gasteiger charge is 2.26. The number of amides is 1. The maximum Gasteiger partial charge on any atom is 0.387 e. The molecular weight excluding hydrogens is 282 g/mol. The van der Waals surface area contributed by atoms with Gasteiger partial charge in [-0.2, -0.15) is 8.78 Å². The lowest BCUT2D eigenvalue weighted by atomic mass is 10.0. The van der Waals surface area contributed by atoms with Crippen LogP contribution in [-0.2, 0) is 0 Å². The van der Waals surface area contributed by atoms with Crippen LogP contribution in [0.4, 0.5) is 8.78 Å². The number of hydrogen-bond donors (Lipinski definition) is 1. The molecule has 1 aromatic rings. The highest BCUT2D eigenvalue weighted by atomic mass is 19.3. The number of carbonyl (C=O) groups is 1. The monoisotopic (exact) mass is 300 g/mol. The van der Waals surface area contributed by atoms with Crippen LogP contribution >= 0.6 is 0 Å². The number of halogens is 2. The SMILES string of the molecule is COc1cccc(C(=O)N2CCC(N)CC2)c1OC(F)F. The molecule has 2 N–H and O–H groups in total. The first-order chi connectivity index (χ1) is 10.0.